The van der Waals surface area contributed by atoms with Gasteiger partial charge in [-0.2, -0.15) is 0 Å². The van der Waals surface area contributed by atoms with Crippen molar-refractivity contribution in [3.05, 3.63) is 59.2 Å². The summed E-state index contributed by atoms with van der Waals surface area (Å²) in [5.74, 6) is -0.441. The van der Waals surface area contributed by atoms with Crippen LogP contribution in [0.25, 0.3) is 0 Å². The predicted molar refractivity (Wildman–Crippen MR) is 94.9 cm³/mol. The number of benzene rings is 2. The highest BCUT2D eigenvalue weighted by Gasteiger charge is 2.10. The summed E-state index contributed by atoms with van der Waals surface area (Å²) in [7, 11) is 0. The number of carbonyl (C=O) groups excluding carboxylic acids is 3. The monoisotopic (exact) mass is 340 g/mol. The molecule has 6 nitrogen and oxygen atoms in total. The van der Waals surface area contributed by atoms with Crippen LogP contribution < -0.4 is 15.4 Å². The molecular formula is C19H20N2O4. The molecule has 0 aliphatic rings. The second kappa shape index (κ2) is 8.63. The number of nitrogens with one attached hydrogen (secondary N) is 2. The van der Waals surface area contributed by atoms with Crippen molar-refractivity contribution in [1.29, 1.82) is 0 Å². The van der Waals surface area contributed by atoms with Gasteiger partial charge in [-0.25, -0.2) is 0 Å². The van der Waals surface area contributed by atoms with Gasteiger partial charge in [0.2, 0.25) is 5.91 Å². The molecule has 25 heavy (non-hydrogen) atoms. The molecular weight excluding hydrogens is 320 g/mol. The average Bonchev–Trinajstić information content (AvgIpc) is 2.61. The summed E-state index contributed by atoms with van der Waals surface area (Å²) < 4.78 is 5.30. The predicted octanol–water partition coefficient (Wildman–Crippen LogP) is 2.25. The Kier molecular flexibility index (Phi) is 6.28. The van der Waals surface area contributed by atoms with Gasteiger partial charge in [0.1, 0.15) is 5.75 Å². The van der Waals surface area contributed by atoms with Crippen LogP contribution in [0.1, 0.15) is 21.5 Å². The maximum Gasteiger partial charge on any atom is 0.258 e. The highest BCUT2D eigenvalue weighted by atomic mass is 16.5. The molecule has 0 spiro atoms. The number of rotatable bonds is 7. The van der Waals surface area contributed by atoms with Gasteiger partial charge in [0, 0.05) is 5.69 Å². The van der Waals surface area contributed by atoms with E-state index in [1.807, 2.05) is 32.0 Å². The fourth-order valence-electron chi connectivity index (χ4n) is 2.28. The molecule has 0 aliphatic heterocycles. The van der Waals surface area contributed by atoms with Crippen molar-refractivity contribution in [2.24, 2.45) is 0 Å². The Morgan fingerprint density at radius 1 is 1.00 bits per heavy atom. The zero-order valence-electron chi connectivity index (χ0n) is 14.2. The Hall–Kier alpha value is -3.15. The molecule has 2 aromatic rings. The quantitative estimate of drug-likeness (QED) is 0.757. The van der Waals surface area contributed by atoms with E-state index in [0.29, 0.717) is 17.6 Å². The normalized spacial score (nSPS) is 10.0. The molecule has 0 aliphatic carbocycles. The molecule has 0 aromatic heterocycles. The Bertz CT molecular complexity index is 766. The Morgan fingerprint density at radius 3 is 2.36 bits per heavy atom. The van der Waals surface area contributed by atoms with Crippen LogP contribution in [-0.2, 0) is 9.59 Å². The molecule has 2 aromatic carbocycles. The van der Waals surface area contributed by atoms with E-state index in [4.69, 9.17) is 4.74 Å². The summed E-state index contributed by atoms with van der Waals surface area (Å²) in [6.07, 6.45) is 0.658. The van der Waals surface area contributed by atoms with E-state index in [1.165, 1.54) is 0 Å². The Balaban J connectivity index is 1.81. The SMILES string of the molecule is Cc1cccc(C)c1NC(=O)CNC(=O)COc1ccccc1C=O. The van der Waals surface area contributed by atoms with E-state index in [1.54, 1.807) is 24.3 Å². The lowest BCUT2D eigenvalue weighted by Gasteiger charge is -2.12. The largest absolute Gasteiger partial charge is 0.483 e. The van der Waals surface area contributed by atoms with Gasteiger partial charge in [-0.15, -0.1) is 0 Å². The topological polar surface area (TPSA) is 84.5 Å². The standard InChI is InChI=1S/C19H20N2O4/c1-13-6-5-7-14(2)19(13)21-17(23)10-20-18(24)12-25-16-9-4-3-8-15(16)11-22/h3-9,11H,10,12H2,1-2H3,(H,20,24)(H,21,23). The van der Waals surface area contributed by atoms with E-state index >= 15 is 0 Å². The van der Waals surface area contributed by atoms with E-state index in [0.717, 1.165) is 16.8 Å². The number of anilines is 1. The molecule has 6 heteroatoms. The van der Waals surface area contributed by atoms with Crippen LogP contribution in [-0.4, -0.2) is 31.3 Å². The third-order valence-electron chi connectivity index (χ3n) is 3.60. The summed E-state index contributed by atoms with van der Waals surface area (Å²) in [5, 5.41) is 5.27. The van der Waals surface area contributed by atoms with Crippen molar-refractivity contribution in [3.8, 4) is 5.75 Å². The summed E-state index contributed by atoms with van der Waals surface area (Å²) >= 11 is 0. The molecule has 2 N–H and O–H groups in total. The van der Waals surface area contributed by atoms with Crippen molar-refractivity contribution in [2.45, 2.75) is 13.8 Å². The van der Waals surface area contributed by atoms with Gasteiger partial charge in [-0.05, 0) is 37.1 Å². The van der Waals surface area contributed by atoms with Crippen molar-refractivity contribution in [3.63, 3.8) is 0 Å². The number of aldehydes is 1. The molecule has 0 radical (unpaired) electrons. The molecule has 0 fully saturated rings. The van der Waals surface area contributed by atoms with Crippen molar-refractivity contribution in [1.82, 2.24) is 5.32 Å². The Morgan fingerprint density at radius 2 is 1.68 bits per heavy atom. The second-order valence-corrected chi connectivity index (χ2v) is 5.54. The number of hydrogen-bond acceptors (Lipinski definition) is 4. The van der Waals surface area contributed by atoms with Crippen LogP contribution in [0.5, 0.6) is 5.75 Å². The fourth-order valence-corrected chi connectivity index (χ4v) is 2.28. The van der Waals surface area contributed by atoms with Gasteiger partial charge in [0.25, 0.3) is 5.91 Å². The molecule has 2 amide bonds. The van der Waals surface area contributed by atoms with E-state index in [2.05, 4.69) is 10.6 Å². The van der Waals surface area contributed by atoms with E-state index in [9.17, 15) is 14.4 Å². The molecule has 0 atom stereocenters. The molecule has 0 unspecified atom stereocenters. The number of hydrogen-bond donors (Lipinski definition) is 2. The maximum atomic E-state index is 12.0. The van der Waals surface area contributed by atoms with Gasteiger partial charge in [-0.1, -0.05) is 30.3 Å². The van der Waals surface area contributed by atoms with Crippen LogP contribution in [0.4, 0.5) is 5.69 Å². The van der Waals surface area contributed by atoms with Crippen molar-refractivity contribution >= 4 is 23.8 Å². The van der Waals surface area contributed by atoms with Crippen LogP contribution in [0, 0.1) is 13.8 Å². The zero-order chi connectivity index (χ0) is 18.2. The van der Waals surface area contributed by atoms with Crippen LogP contribution in [0.3, 0.4) is 0 Å². The minimum atomic E-state index is -0.447. The number of para-hydroxylation sites is 2. The van der Waals surface area contributed by atoms with Crippen LogP contribution in [0.2, 0.25) is 0 Å². The number of aryl methyl sites for hydroxylation is 2. The summed E-state index contributed by atoms with van der Waals surface area (Å²) in [5.41, 5.74) is 3.02. The Labute approximate surface area is 146 Å². The number of amides is 2. The highest BCUT2D eigenvalue weighted by Crippen LogP contribution is 2.19. The van der Waals surface area contributed by atoms with Crippen molar-refractivity contribution in [2.75, 3.05) is 18.5 Å². The molecule has 0 saturated carbocycles. The summed E-state index contributed by atoms with van der Waals surface area (Å²) in [6.45, 7) is 3.37. The van der Waals surface area contributed by atoms with Gasteiger partial charge in [-0.3, -0.25) is 14.4 Å². The van der Waals surface area contributed by atoms with Gasteiger partial charge in [0.05, 0.1) is 12.1 Å². The maximum absolute atomic E-state index is 12.0. The van der Waals surface area contributed by atoms with Gasteiger partial charge >= 0.3 is 0 Å². The van der Waals surface area contributed by atoms with Gasteiger partial charge in [0.15, 0.2) is 12.9 Å². The first kappa shape index (κ1) is 18.2. The molecule has 0 bridgehead atoms. The van der Waals surface area contributed by atoms with Crippen molar-refractivity contribution < 1.29 is 19.1 Å². The van der Waals surface area contributed by atoms with Gasteiger partial charge < -0.3 is 15.4 Å². The van der Waals surface area contributed by atoms with E-state index < -0.39 is 5.91 Å². The lowest BCUT2D eigenvalue weighted by molar-refractivity contribution is -0.125. The highest BCUT2D eigenvalue weighted by molar-refractivity contribution is 5.95. The smallest absolute Gasteiger partial charge is 0.258 e. The second-order valence-electron chi connectivity index (χ2n) is 5.54. The molecule has 130 valence electrons. The van der Waals surface area contributed by atoms with E-state index in [-0.39, 0.29) is 19.1 Å². The number of ether oxygens (including phenoxy) is 1. The first-order valence-corrected chi connectivity index (χ1v) is 7.81. The zero-order valence-corrected chi connectivity index (χ0v) is 14.2. The summed E-state index contributed by atoms with van der Waals surface area (Å²) in [4.78, 5) is 34.7. The minimum Gasteiger partial charge on any atom is -0.483 e. The average molecular weight is 340 g/mol. The lowest BCUT2D eigenvalue weighted by Crippen LogP contribution is -2.36. The lowest BCUT2D eigenvalue weighted by atomic mass is 10.1. The first-order chi connectivity index (χ1) is 12.0. The third kappa shape index (κ3) is 5.17. The third-order valence-corrected chi connectivity index (χ3v) is 3.60. The molecule has 0 saturated heterocycles. The molecule has 0 heterocycles. The number of carbonyl (C=O) groups is 3. The fraction of sp³-hybridized carbons (Fsp3) is 0.211. The summed E-state index contributed by atoms with van der Waals surface area (Å²) in [6, 6.07) is 12.3. The van der Waals surface area contributed by atoms with Crippen LogP contribution in [0.15, 0.2) is 42.5 Å². The molecule has 2 rings (SSSR count). The first-order valence-electron chi connectivity index (χ1n) is 7.81. The van der Waals surface area contributed by atoms with Crippen LogP contribution >= 0.6 is 0 Å². The minimum absolute atomic E-state index is 0.161.